The molecule has 15 heavy (non-hydrogen) atoms. The van der Waals surface area contributed by atoms with Crippen molar-refractivity contribution in [1.82, 2.24) is 0 Å². The quantitative estimate of drug-likeness (QED) is 0.779. The summed E-state index contributed by atoms with van der Waals surface area (Å²) in [6, 6.07) is 0.324. The maximum Gasteiger partial charge on any atom is 0.0558 e. The molecule has 1 fully saturated rings. The van der Waals surface area contributed by atoms with Gasteiger partial charge >= 0.3 is 0 Å². The molecule has 2 heteroatoms. The van der Waals surface area contributed by atoms with Crippen molar-refractivity contribution < 1.29 is 4.74 Å². The minimum atomic E-state index is 0.299. The largest absolute Gasteiger partial charge is 0.382 e. The van der Waals surface area contributed by atoms with Crippen molar-refractivity contribution in [3.8, 4) is 0 Å². The Morgan fingerprint density at radius 3 is 2.20 bits per heavy atom. The van der Waals surface area contributed by atoms with Gasteiger partial charge in [-0.1, -0.05) is 13.8 Å². The van der Waals surface area contributed by atoms with Crippen LogP contribution in [-0.2, 0) is 4.74 Å². The third kappa shape index (κ3) is 4.12. The molecule has 1 rings (SSSR count). The van der Waals surface area contributed by atoms with Crippen LogP contribution in [0.2, 0.25) is 0 Å². The molecule has 1 aliphatic carbocycles. The normalized spacial score (nSPS) is 36.2. The zero-order chi connectivity index (χ0) is 11.4. The van der Waals surface area contributed by atoms with Crippen LogP contribution in [0.15, 0.2) is 0 Å². The first-order chi connectivity index (χ1) is 7.02. The summed E-state index contributed by atoms with van der Waals surface area (Å²) in [5, 5.41) is 0. The van der Waals surface area contributed by atoms with Crippen LogP contribution in [0.5, 0.6) is 0 Å². The van der Waals surface area contributed by atoms with Gasteiger partial charge < -0.3 is 10.5 Å². The van der Waals surface area contributed by atoms with Crippen LogP contribution >= 0.6 is 0 Å². The van der Waals surface area contributed by atoms with Gasteiger partial charge in [0.2, 0.25) is 0 Å². The van der Waals surface area contributed by atoms with Gasteiger partial charge in [0.1, 0.15) is 0 Å². The van der Waals surface area contributed by atoms with Gasteiger partial charge in [-0.15, -0.1) is 0 Å². The zero-order valence-corrected chi connectivity index (χ0v) is 10.7. The number of hydrogen-bond acceptors (Lipinski definition) is 2. The monoisotopic (exact) mass is 213 g/mol. The lowest BCUT2D eigenvalue weighted by atomic mass is 9.73. The standard InChI is InChI=1S/C13H27NO/c1-9-5-10(2)7-12(6-9)13(14)8-11(3)15-4/h9-13H,5-8,14H2,1-4H3. The molecular formula is C13H27NO. The molecule has 0 aromatic carbocycles. The lowest BCUT2D eigenvalue weighted by molar-refractivity contribution is 0.0869. The highest BCUT2D eigenvalue weighted by Crippen LogP contribution is 2.35. The summed E-state index contributed by atoms with van der Waals surface area (Å²) in [7, 11) is 1.77. The van der Waals surface area contributed by atoms with Gasteiger partial charge in [-0.05, 0) is 50.4 Å². The van der Waals surface area contributed by atoms with E-state index in [4.69, 9.17) is 10.5 Å². The van der Waals surface area contributed by atoms with Crippen molar-refractivity contribution >= 4 is 0 Å². The second-order valence-corrected chi connectivity index (χ2v) is 5.62. The summed E-state index contributed by atoms with van der Waals surface area (Å²) in [5.41, 5.74) is 6.27. The highest BCUT2D eigenvalue weighted by molar-refractivity contribution is 4.82. The van der Waals surface area contributed by atoms with Crippen LogP contribution in [-0.4, -0.2) is 19.3 Å². The van der Waals surface area contributed by atoms with E-state index in [1.165, 1.54) is 19.3 Å². The number of hydrogen-bond donors (Lipinski definition) is 1. The van der Waals surface area contributed by atoms with Crippen molar-refractivity contribution in [2.24, 2.45) is 23.5 Å². The average molecular weight is 213 g/mol. The Morgan fingerprint density at radius 2 is 1.73 bits per heavy atom. The van der Waals surface area contributed by atoms with Gasteiger partial charge in [-0.25, -0.2) is 0 Å². The van der Waals surface area contributed by atoms with Crippen molar-refractivity contribution in [2.75, 3.05) is 7.11 Å². The first-order valence-corrected chi connectivity index (χ1v) is 6.31. The highest BCUT2D eigenvalue weighted by atomic mass is 16.5. The molecule has 0 aromatic heterocycles. The number of ether oxygens (including phenoxy) is 1. The molecule has 0 aromatic rings. The average Bonchev–Trinajstić information content (AvgIpc) is 2.16. The predicted octanol–water partition coefficient (Wildman–Crippen LogP) is 2.81. The molecular weight excluding hydrogens is 186 g/mol. The summed E-state index contributed by atoms with van der Waals surface area (Å²) in [6.45, 7) is 6.82. The minimum Gasteiger partial charge on any atom is -0.382 e. The fourth-order valence-electron chi connectivity index (χ4n) is 3.03. The Kier molecular flexibility index (Phi) is 5.07. The van der Waals surface area contributed by atoms with Gasteiger partial charge in [-0.3, -0.25) is 0 Å². The smallest absolute Gasteiger partial charge is 0.0558 e. The summed E-state index contributed by atoms with van der Waals surface area (Å²) in [6.07, 6.45) is 5.29. The summed E-state index contributed by atoms with van der Waals surface area (Å²) >= 11 is 0. The van der Waals surface area contributed by atoms with E-state index in [0.717, 1.165) is 18.3 Å². The van der Waals surface area contributed by atoms with Crippen LogP contribution in [0.4, 0.5) is 0 Å². The number of nitrogens with two attached hydrogens (primary N) is 1. The second-order valence-electron chi connectivity index (χ2n) is 5.62. The predicted molar refractivity (Wildman–Crippen MR) is 64.7 cm³/mol. The van der Waals surface area contributed by atoms with Crippen LogP contribution in [0, 0.1) is 17.8 Å². The summed E-state index contributed by atoms with van der Waals surface area (Å²) < 4.78 is 5.29. The third-order valence-corrected chi connectivity index (χ3v) is 3.83. The van der Waals surface area contributed by atoms with E-state index in [2.05, 4.69) is 20.8 Å². The van der Waals surface area contributed by atoms with E-state index in [1.807, 2.05) is 0 Å². The molecule has 2 nitrogen and oxygen atoms in total. The van der Waals surface area contributed by atoms with E-state index >= 15 is 0 Å². The highest BCUT2D eigenvalue weighted by Gasteiger charge is 2.28. The maximum absolute atomic E-state index is 6.27. The van der Waals surface area contributed by atoms with Crippen LogP contribution < -0.4 is 5.73 Å². The van der Waals surface area contributed by atoms with Crippen molar-refractivity contribution in [3.63, 3.8) is 0 Å². The second kappa shape index (κ2) is 5.86. The van der Waals surface area contributed by atoms with Crippen molar-refractivity contribution in [1.29, 1.82) is 0 Å². The Bertz CT molecular complexity index is 173. The first-order valence-electron chi connectivity index (χ1n) is 6.31. The van der Waals surface area contributed by atoms with E-state index < -0.39 is 0 Å². The molecule has 0 heterocycles. The van der Waals surface area contributed by atoms with Crippen LogP contribution in [0.1, 0.15) is 46.5 Å². The molecule has 0 saturated heterocycles. The molecule has 0 radical (unpaired) electrons. The molecule has 4 atom stereocenters. The fraction of sp³-hybridized carbons (Fsp3) is 1.00. The van der Waals surface area contributed by atoms with E-state index in [-0.39, 0.29) is 0 Å². The number of methoxy groups -OCH3 is 1. The molecule has 0 aliphatic heterocycles. The number of rotatable bonds is 4. The maximum atomic E-state index is 6.27. The Hall–Kier alpha value is -0.0800. The first kappa shape index (κ1) is 13.0. The van der Waals surface area contributed by atoms with Crippen LogP contribution in [0.25, 0.3) is 0 Å². The Labute approximate surface area is 94.6 Å². The minimum absolute atomic E-state index is 0.299. The molecule has 0 spiro atoms. The van der Waals surface area contributed by atoms with Gasteiger partial charge in [0.25, 0.3) is 0 Å². The van der Waals surface area contributed by atoms with E-state index in [1.54, 1.807) is 7.11 Å². The molecule has 0 amide bonds. The molecule has 0 bridgehead atoms. The fourth-order valence-corrected chi connectivity index (χ4v) is 3.03. The molecule has 90 valence electrons. The third-order valence-electron chi connectivity index (χ3n) is 3.83. The van der Waals surface area contributed by atoms with Crippen LogP contribution in [0.3, 0.4) is 0 Å². The van der Waals surface area contributed by atoms with Gasteiger partial charge in [0, 0.05) is 13.2 Å². The van der Waals surface area contributed by atoms with Crippen molar-refractivity contribution in [2.45, 2.75) is 58.6 Å². The Balaban J connectivity index is 2.40. The lowest BCUT2D eigenvalue weighted by Gasteiger charge is -2.35. The van der Waals surface area contributed by atoms with Gasteiger partial charge in [0.05, 0.1) is 6.10 Å². The topological polar surface area (TPSA) is 35.2 Å². The Morgan fingerprint density at radius 1 is 1.20 bits per heavy atom. The van der Waals surface area contributed by atoms with Crippen molar-refractivity contribution in [3.05, 3.63) is 0 Å². The SMILES string of the molecule is COC(C)CC(N)C1CC(C)CC(C)C1. The summed E-state index contributed by atoms with van der Waals surface area (Å²) in [5.74, 6) is 2.41. The molecule has 1 saturated carbocycles. The lowest BCUT2D eigenvalue weighted by Crippen LogP contribution is -2.37. The van der Waals surface area contributed by atoms with E-state index in [9.17, 15) is 0 Å². The van der Waals surface area contributed by atoms with Gasteiger partial charge in [-0.2, -0.15) is 0 Å². The molecule has 4 unspecified atom stereocenters. The zero-order valence-electron chi connectivity index (χ0n) is 10.7. The van der Waals surface area contributed by atoms with Gasteiger partial charge in [0.15, 0.2) is 0 Å². The molecule has 1 aliphatic rings. The summed E-state index contributed by atoms with van der Waals surface area (Å²) in [4.78, 5) is 0. The van der Waals surface area contributed by atoms with E-state index in [0.29, 0.717) is 18.1 Å². The molecule has 2 N–H and O–H groups in total.